The molecule has 9 heteroatoms. The summed E-state index contributed by atoms with van der Waals surface area (Å²) in [6.45, 7) is 0.600. The molecule has 0 atom stereocenters. The molecular weight excluding hydrogens is 469 g/mol. The maximum atomic E-state index is 13.5. The fraction of sp³-hybridized carbons (Fsp3) is 0.222. The number of nitrogens with two attached hydrogens (primary N) is 2. The van der Waals surface area contributed by atoms with E-state index in [4.69, 9.17) is 16.2 Å². The molecule has 5 N–H and O–H groups in total. The summed E-state index contributed by atoms with van der Waals surface area (Å²) in [5.41, 5.74) is 14.2. The third-order valence-electron chi connectivity index (χ3n) is 5.57. The zero-order valence-electron chi connectivity index (χ0n) is 20.3. The van der Waals surface area contributed by atoms with Crippen molar-refractivity contribution in [2.75, 3.05) is 33.1 Å². The summed E-state index contributed by atoms with van der Waals surface area (Å²) in [7, 11) is 5.02. The molecule has 0 saturated heterocycles. The number of carbonyl (C=O) groups excluding carboxylic acids is 1. The van der Waals surface area contributed by atoms with Gasteiger partial charge in [0.15, 0.2) is 0 Å². The maximum Gasteiger partial charge on any atom is 0.416 e. The SMILES string of the molecule is COC(=O)c1ccc(/C(N)=c2\cccc\c2=C(\N)Nc2cc(CCN(C)C)cc(C(F)(F)F)c2)cc1. The van der Waals surface area contributed by atoms with Crippen LogP contribution >= 0.6 is 0 Å². The Morgan fingerprint density at radius 3 is 2.14 bits per heavy atom. The number of benzene rings is 3. The summed E-state index contributed by atoms with van der Waals surface area (Å²) in [5.74, 6) is -0.314. The molecule has 3 aromatic carbocycles. The van der Waals surface area contributed by atoms with E-state index in [1.165, 1.54) is 7.11 Å². The molecule has 0 amide bonds. The summed E-state index contributed by atoms with van der Waals surface area (Å²) in [4.78, 5) is 13.6. The molecule has 0 bridgehead atoms. The fourth-order valence-corrected chi connectivity index (χ4v) is 3.66. The summed E-state index contributed by atoms with van der Waals surface area (Å²) in [6.07, 6.45) is -4.05. The van der Waals surface area contributed by atoms with Crippen LogP contribution in [0, 0.1) is 0 Å². The zero-order chi connectivity index (χ0) is 26.5. The normalized spacial score (nSPS) is 13.3. The molecule has 6 nitrogen and oxygen atoms in total. The minimum atomic E-state index is -4.49. The minimum absolute atomic E-state index is 0.151. The molecular formula is C27H29F3N4O2. The van der Waals surface area contributed by atoms with Crippen LogP contribution < -0.4 is 27.2 Å². The van der Waals surface area contributed by atoms with Gasteiger partial charge in [-0.1, -0.05) is 36.4 Å². The van der Waals surface area contributed by atoms with Crippen LogP contribution in [0.1, 0.15) is 27.0 Å². The van der Waals surface area contributed by atoms with Crippen molar-refractivity contribution in [3.8, 4) is 0 Å². The molecule has 0 aliphatic carbocycles. The second kappa shape index (κ2) is 11.2. The highest BCUT2D eigenvalue weighted by Gasteiger charge is 2.31. The van der Waals surface area contributed by atoms with Crippen molar-refractivity contribution in [1.82, 2.24) is 4.90 Å². The van der Waals surface area contributed by atoms with Crippen LogP contribution in [0.3, 0.4) is 0 Å². The van der Waals surface area contributed by atoms with Crippen molar-refractivity contribution in [2.45, 2.75) is 12.6 Å². The number of hydrogen-bond acceptors (Lipinski definition) is 6. The van der Waals surface area contributed by atoms with Crippen LogP contribution in [-0.2, 0) is 17.3 Å². The molecule has 0 aromatic heterocycles. The number of halogens is 3. The summed E-state index contributed by atoms with van der Waals surface area (Å²) < 4.78 is 45.3. The first-order valence-corrected chi connectivity index (χ1v) is 11.2. The van der Waals surface area contributed by atoms with E-state index in [1.54, 1.807) is 54.6 Å². The van der Waals surface area contributed by atoms with Gasteiger partial charge < -0.3 is 26.4 Å². The number of anilines is 1. The highest BCUT2D eigenvalue weighted by molar-refractivity contribution is 5.89. The molecule has 0 unspecified atom stereocenters. The average Bonchev–Trinajstić information content (AvgIpc) is 2.86. The number of nitrogens with zero attached hydrogens (tertiary/aromatic N) is 1. The van der Waals surface area contributed by atoms with Crippen molar-refractivity contribution >= 4 is 23.2 Å². The fourth-order valence-electron chi connectivity index (χ4n) is 3.66. The average molecular weight is 499 g/mol. The molecule has 0 fully saturated rings. The Morgan fingerprint density at radius 2 is 1.56 bits per heavy atom. The van der Waals surface area contributed by atoms with Crippen LogP contribution in [0.25, 0.3) is 11.5 Å². The Balaban J connectivity index is 2.07. The predicted molar refractivity (Wildman–Crippen MR) is 135 cm³/mol. The Kier molecular flexibility index (Phi) is 8.26. The second-order valence-corrected chi connectivity index (χ2v) is 8.54. The first kappa shape index (κ1) is 26.6. The van der Waals surface area contributed by atoms with E-state index in [-0.39, 0.29) is 11.5 Å². The molecule has 3 rings (SSSR count). The van der Waals surface area contributed by atoms with Gasteiger partial charge in [0.05, 0.1) is 18.2 Å². The van der Waals surface area contributed by atoms with Gasteiger partial charge in [-0.25, -0.2) is 4.79 Å². The van der Waals surface area contributed by atoms with E-state index < -0.39 is 17.7 Å². The highest BCUT2D eigenvalue weighted by atomic mass is 19.4. The Labute approximate surface area is 207 Å². The molecule has 0 heterocycles. The van der Waals surface area contributed by atoms with Gasteiger partial charge >= 0.3 is 12.1 Å². The molecule has 36 heavy (non-hydrogen) atoms. The van der Waals surface area contributed by atoms with Crippen molar-refractivity contribution in [2.24, 2.45) is 11.5 Å². The quantitative estimate of drug-likeness (QED) is 0.434. The van der Waals surface area contributed by atoms with Gasteiger partial charge in [-0.2, -0.15) is 13.2 Å². The summed E-state index contributed by atoms with van der Waals surface area (Å²) in [6, 6.07) is 17.5. The lowest BCUT2D eigenvalue weighted by Gasteiger charge is -2.15. The molecule has 190 valence electrons. The van der Waals surface area contributed by atoms with Gasteiger partial charge in [0, 0.05) is 28.4 Å². The second-order valence-electron chi connectivity index (χ2n) is 8.54. The predicted octanol–water partition coefficient (Wildman–Crippen LogP) is 2.85. The number of methoxy groups -OCH3 is 1. The third kappa shape index (κ3) is 6.57. The van der Waals surface area contributed by atoms with E-state index >= 15 is 0 Å². The number of ether oxygens (including phenoxy) is 1. The largest absolute Gasteiger partial charge is 0.465 e. The van der Waals surface area contributed by atoms with E-state index in [9.17, 15) is 18.0 Å². The van der Waals surface area contributed by atoms with Gasteiger partial charge in [-0.3, -0.25) is 0 Å². The van der Waals surface area contributed by atoms with Crippen LogP contribution in [0.5, 0.6) is 0 Å². The summed E-state index contributed by atoms with van der Waals surface area (Å²) in [5, 5.41) is 4.05. The van der Waals surface area contributed by atoms with Crippen LogP contribution in [0.2, 0.25) is 0 Å². The summed E-state index contributed by atoms with van der Waals surface area (Å²) >= 11 is 0. The van der Waals surface area contributed by atoms with E-state index in [0.29, 0.717) is 45.8 Å². The molecule has 0 saturated carbocycles. The Hall–Kier alpha value is -3.98. The van der Waals surface area contributed by atoms with E-state index in [2.05, 4.69) is 5.32 Å². The Morgan fingerprint density at radius 1 is 0.944 bits per heavy atom. The van der Waals surface area contributed by atoms with Crippen molar-refractivity contribution in [1.29, 1.82) is 0 Å². The topological polar surface area (TPSA) is 93.6 Å². The number of esters is 1. The van der Waals surface area contributed by atoms with Gasteiger partial charge in [0.25, 0.3) is 0 Å². The van der Waals surface area contributed by atoms with Gasteiger partial charge in [0.1, 0.15) is 5.82 Å². The van der Waals surface area contributed by atoms with E-state index in [1.807, 2.05) is 19.0 Å². The van der Waals surface area contributed by atoms with Gasteiger partial charge in [0.2, 0.25) is 0 Å². The molecule has 0 spiro atoms. The van der Waals surface area contributed by atoms with E-state index in [0.717, 1.165) is 12.1 Å². The standard InChI is InChI=1S/C27H29F3N4O2/c1-34(2)13-12-17-14-20(27(28,29)30)16-21(15-17)33-25(32)23-7-5-4-6-22(23)24(31)18-8-10-19(11-9-18)26(35)36-3/h4-11,14-16,33H,12-13,31-32H2,1-3H3/b24-22-,25-23+. The van der Waals surface area contributed by atoms with Crippen molar-refractivity contribution < 1.29 is 22.7 Å². The first-order valence-electron chi connectivity index (χ1n) is 11.2. The maximum absolute atomic E-state index is 13.5. The van der Waals surface area contributed by atoms with Crippen molar-refractivity contribution in [3.63, 3.8) is 0 Å². The highest BCUT2D eigenvalue weighted by Crippen LogP contribution is 2.32. The Bertz CT molecular complexity index is 1350. The van der Waals surface area contributed by atoms with Crippen LogP contribution in [0.15, 0.2) is 66.7 Å². The lowest BCUT2D eigenvalue weighted by molar-refractivity contribution is -0.137. The number of carbonyl (C=O) groups is 1. The minimum Gasteiger partial charge on any atom is -0.465 e. The van der Waals surface area contributed by atoms with Gasteiger partial charge in [-0.05, 0) is 62.0 Å². The molecule has 0 radical (unpaired) electrons. The third-order valence-corrected chi connectivity index (χ3v) is 5.57. The molecule has 0 aliphatic heterocycles. The number of nitrogens with one attached hydrogen (secondary N) is 1. The lowest BCUT2D eigenvalue weighted by atomic mass is 10.1. The lowest BCUT2D eigenvalue weighted by Crippen LogP contribution is -2.35. The number of alkyl halides is 3. The molecule has 3 aromatic rings. The number of likely N-dealkylation sites (N-methyl/N-ethyl adjacent to an activating group) is 1. The smallest absolute Gasteiger partial charge is 0.416 e. The molecule has 0 aliphatic rings. The first-order chi connectivity index (χ1) is 17.0. The van der Waals surface area contributed by atoms with Crippen LogP contribution in [-0.4, -0.2) is 38.6 Å². The zero-order valence-corrected chi connectivity index (χ0v) is 20.3. The van der Waals surface area contributed by atoms with Crippen molar-refractivity contribution in [3.05, 3.63) is 99.4 Å². The number of hydrogen-bond donors (Lipinski definition) is 3. The van der Waals surface area contributed by atoms with Gasteiger partial charge in [-0.15, -0.1) is 0 Å². The van der Waals surface area contributed by atoms with Crippen LogP contribution in [0.4, 0.5) is 18.9 Å². The monoisotopic (exact) mass is 498 g/mol. The number of rotatable bonds is 7.